The summed E-state index contributed by atoms with van der Waals surface area (Å²) < 4.78 is 72.8. The molecule has 4 nitrogen and oxygen atoms in total. The van der Waals surface area contributed by atoms with E-state index in [0.717, 1.165) is 12.1 Å². The molecule has 21 heavy (non-hydrogen) atoms. The fourth-order valence-corrected chi connectivity index (χ4v) is 1.45. The van der Waals surface area contributed by atoms with Crippen molar-refractivity contribution in [1.82, 2.24) is 0 Å². The van der Waals surface area contributed by atoms with E-state index in [2.05, 4.69) is 14.2 Å². The molecule has 0 spiro atoms. The highest BCUT2D eigenvalue weighted by molar-refractivity contribution is 5.69. The molecule has 1 aromatic carbocycles. The molecule has 0 saturated carbocycles. The quantitative estimate of drug-likeness (QED) is 0.597. The van der Waals surface area contributed by atoms with E-state index >= 15 is 0 Å². The van der Waals surface area contributed by atoms with Crippen molar-refractivity contribution in [3.05, 3.63) is 23.8 Å². The average molecular weight is 314 g/mol. The van der Waals surface area contributed by atoms with Crippen LogP contribution < -0.4 is 9.47 Å². The summed E-state index contributed by atoms with van der Waals surface area (Å²) in [7, 11) is 1.17. The molecule has 0 aliphatic carbocycles. The maximum absolute atomic E-state index is 12.2. The van der Waals surface area contributed by atoms with E-state index in [9.17, 15) is 26.7 Å². The first-order valence-corrected chi connectivity index (χ1v) is 5.61. The molecule has 1 rings (SSSR count). The molecule has 0 atom stereocenters. The minimum atomic E-state index is -5.03. The lowest BCUT2D eigenvalue weighted by molar-refractivity contribution is -0.275. The van der Waals surface area contributed by atoms with Crippen LogP contribution in [0.25, 0.3) is 0 Å². The summed E-state index contributed by atoms with van der Waals surface area (Å²) in [6.07, 6.45) is -4.99. The van der Waals surface area contributed by atoms with Gasteiger partial charge in [-0.3, -0.25) is 4.79 Å². The lowest BCUT2D eigenvalue weighted by Gasteiger charge is -2.14. The van der Waals surface area contributed by atoms with Gasteiger partial charge in [-0.25, -0.2) is 0 Å². The van der Waals surface area contributed by atoms with Crippen LogP contribution in [0.15, 0.2) is 18.2 Å². The summed E-state index contributed by atoms with van der Waals surface area (Å²) in [5, 5.41) is 0. The molecule has 0 unspecified atom stereocenters. The van der Waals surface area contributed by atoms with Gasteiger partial charge in [-0.2, -0.15) is 8.78 Å². The average Bonchev–Trinajstić information content (AvgIpc) is 2.36. The number of carbonyl (C=O) groups is 1. The van der Waals surface area contributed by atoms with E-state index in [1.54, 1.807) is 0 Å². The maximum atomic E-state index is 12.2. The fraction of sp³-hybridized carbons (Fsp3) is 0.417. The van der Waals surface area contributed by atoms with Gasteiger partial charge in [0.25, 0.3) is 0 Å². The molecule has 0 fully saturated rings. The largest absolute Gasteiger partial charge is 0.573 e. The number of hydrogen-bond acceptors (Lipinski definition) is 4. The second-order valence-electron chi connectivity index (χ2n) is 3.78. The summed E-state index contributed by atoms with van der Waals surface area (Å²) in [6.45, 7) is -3.31. The molecule has 0 aliphatic rings. The topological polar surface area (TPSA) is 44.8 Å². The summed E-state index contributed by atoms with van der Waals surface area (Å²) >= 11 is 0. The van der Waals surface area contributed by atoms with E-state index in [0.29, 0.717) is 5.56 Å². The lowest BCUT2D eigenvalue weighted by Crippen LogP contribution is -2.18. The number of esters is 1. The molecular weight excluding hydrogens is 303 g/mol. The Bertz CT molecular complexity index is 487. The van der Waals surface area contributed by atoms with Crippen LogP contribution in [0, 0.1) is 0 Å². The Labute approximate surface area is 116 Å². The van der Waals surface area contributed by atoms with Crippen LogP contribution in [-0.4, -0.2) is 26.1 Å². The van der Waals surface area contributed by atoms with Gasteiger partial charge >= 0.3 is 18.9 Å². The summed E-state index contributed by atoms with van der Waals surface area (Å²) in [5.41, 5.74) is 0.325. The van der Waals surface area contributed by atoms with Crippen LogP contribution in [0.3, 0.4) is 0 Å². The zero-order valence-electron chi connectivity index (χ0n) is 10.7. The highest BCUT2D eigenvalue weighted by atomic mass is 19.4. The second-order valence-corrected chi connectivity index (χ2v) is 3.78. The maximum Gasteiger partial charge on any atom is 0.573 e. The first-order chi connectivity index (χ1) is 9.71. The van der Waals surface area contributed by atoms with E-state index in [1.807, 2.05) is 0 Å². The van der Waals surface area contributed by atoms with Crippen LogP contribution in [0.5, 0.6) is 11.5 Å². The highest BCUT2D eigenvalue weighted by Gasteiger charge is 2.33. The van der Waals surface area contributed by atoms with Gasteiger partial charge in [0.05, 0.1) is 7.11 Å². The number of aryl methyl sites for hydroxylation is 1. The zero-order valence-corrected chi connectivity index (χ0v) is 10.7. The third-order valence-corrected chi connectivity index (χ3v) is 2.30. The Hall–Kier alpha value is -2.06. The van der Waals surface area contributed by atoms with Gasteiger partial charge in [0.2, 0.25) is 0 Å². The molecule has 1 aromatic rings. The van der Waals surface area contributed by atoms with Gasteiger partial charge in [0, 0.05) is 6.42 Å². The normalized spacial score (nSPS) is 11.4. The van der Waals surface area contributed by atoms with E-state index in [4.69, 9.17) is 0 Å². The molecular formula is C12H11F5O4. The second kappa shape index (κ2) is 7.09. The summed E-state index contributed by atoms with van der Waals surface area (Å²) in [5.74, 6) is -2.18. The highest BCUT2D eigenvalue weighted by Crippen LogP contribution is 2.34. The Kier molecular flexibility index (Phi) is 5.74. The molecule has 118 valence electrons. The van der Waals surface area contributed by atoms with Gasteiger partial charge in [-0.1, -0.05) is 6.07 Å². The monoisotopic (exact) mass is 314 g/mol. The number of alkyl halides is 5. The molecule has 0 bridgehead atoms. The number of hydrogen-bond donors (Lipinski definition) is 0. The summed E-state index contributed by atoms with van der Waals surface area (Å²) in [4.78, 5) is 11.0. The van der Waals surface area contributed by atoms with Crippen LogP contribution >= 0.6 is 0 Å². The minimum Gasteiger partial charge on any atom is -0.469 e. The zero-order chi connectivity index (χ0) is 16.0. The van der Waals surface area contributed by atoms with Crippen molar-refractivity contribution in [2.75, 3.05) is 7.11 Å². The SMILES string of the molecule is COC(=O)CCc1ccc(OC(F)(F)F)c(OC(F)F)c1. The van der Waals surface area contributed by atoms with Crippen LogP contribution in [0.4, 0.5) is 22.0 Å². The molecule has 0 aliphatic heterocycles. The van der Waals surface area contributed by atoms with E-state index in [1.165, 1.54) is 13.2 Å². The first kappa shape index (κ1) is 17.0. The number of rotatable bonds is 6. The molecule has 0 N–H and O–H groups in total. The van der Waals surface area contributed by atoms with Crippen molar-refractivity contribution in [2.45, 2.75) is 25.8 Å². The Morgan fingerprint density at radius 1 is 1.24 bits per heavy atom. The number of halogens is 5. The minimum absolute atomic E-state index is 0.0515. The molecule has 0 amide bonds. The van der Waals surface area contributed by atoms with Gasteiger partial charge in [0.1, 0.15) is 0 Å². The van der Waals surface area contributed by atoms with Gasteiger partial charge in [0.15, 0.2) is 11.5 Å². The smallest absolute Gasteiger partial charge is 0.469 e. The number of benzene rings is 1. The van der Waals surface area contributed by atoms with Crippen LogP contribution in [0.2, 0.25) is 0 Å². The van der Waals surface area contributed by atoms with Gasteiger partial charge in [-0.05, 0) is 24.1 Å². The van der Waals surface area contributed by atoms with Crippen molar-refractivity contribution in [3.63, 3.8) is 0 Å². The van der Waals surface area contributed by atoms with Crippen molar-refractivity contribution in [2.24, 2.45) is 0 Å². The van der Waals surface area contributed by atoms with Crippen molar-refractivity contribution in [1.29, 1.82) is 0 Å². The molecule has 0 aromatic heterocycles. The number of methoxy groups -OCH3 is 1. The van der Waals surface area contributed by atoms with Crippen LogP contribution in [-0.2, 0) is 16.0 Å². The predicted molar refractivity (Wildman–Crippen MR) is 60.1 cm³/mol. The molecule has 9 heteroatoms. The third-order valence-electron chi connectivity index (χ3n) is 2.30. The molecule has 0 saturated heterocycles. The Morgan fingerprint density at radius 2 is 1.90 bits per heavy atom. The number of ether oxygens (including phenoxy) is 3. The van der Waals surface area contributed by atoms with E-state index in [-0.39, 0.29) is 12.8 Å². The summed E-state index contributed by atoms with van der Waals surface area (Å²) in [6, 6.07) is 3.01. The van der Waals surface area contributed by atoms with Gasteiger partial charge in [-0.15, -0.1) is 13.2 Å². The van der Waals surface area contributed by atoms with Crippen molar-refractivity contribution < 1.29 is 41.0 Å². The Morgan fingerprint density at radius 3 is 2.43 bits per heavy atom. The van der Waals surface area contributed by atoms with E-state index < -0.39 is 30.4 Å². The third kappa shape index (κ3) is 6.28. The van der Waals surface area contributed by atoms with Crippen molar-refractivity contribution >= 4 is 5.97 Å². The first-order valence-electron chi connectivity index (χ1n) is 5.61. The van der Waals surface area contributed by atoms with Crippen molar-refractivity contribution in [3.8, 4) is 11.5 Å². The molecule has 0 heterocycles. The standard InChI is InChI=1S/C12H11F5O4/c1-19-10(18)5-3-7-2-4-8(21-12(15,16)17)9(6-7)20-11(13)14/h2,4,6,11H,3,5H2,1H3. The lowest BCUT2D eigenvalue weighted by atomic mass is 10.1. The molecule has 0 radical (unpaired) electrons. The predicted octanol–water partition coefficient (Wildman–Crippen LogP) is 3.29. The Balaban J connectivity index is 2.92. The van der Waals surface area contributed by atoms with Crippen LogP contribution in [0.1, 0.15) is 12.0 Å². The van der Waals surface area contributed by atoms with Gasteiger partial charge < -0.3 is 14.2 Å². The fourth-order valence-electron chi connectivity index (χ4n) is 1.45. The number of carbonyl (C=O) groups excluding carboxylic acids is 1.